The van der Waals surface area contributed by atoms with E-state index in [4.69, 9.17) is 21.1 Å². The molecule has 0 radical (unpaired) electrons. The largest absolute Gasteiger partial charge is 0.494 e. The Kier molecular flexibility index (Phi) is 6.08. The lowest BCUT2D eigenvalue weighted by molar-refractivity contribution is -0.145. The van der Waals surface area contributed by atoms with E-state index in [1.165, 1.54) is 0 Å². The van der Waals surface area contributed by atoms with Gasteiger partial charge < -0.3 is 13.9 Å². The predicted molar refractivity (Wildman–Crippen MR) is 101 cm³/mol. The van der Waals surface area contributed by atoms with E-state index in [9.17, 15) is 9.59 Å². The number of esters is 1. The summed E-state index contributed by atoms with van der Waals surface area (Å²) in [5.74, 6) is 0.156. The minimum absolute atomic E-state index is 0.0191. The second-order valence-corrected chi connectivity index (χ2v) is 6.32. The number of Topliss-reactive ketones (excluding diaryl/α,β-unsaturated/α-hetero) is 1. The quantitative estimate of drug-likeness (QED) is 0.430. The molecular formula is C20H19ClN2O4. The maximum atomic E-state index is 12.2. The maximum absolute atomic E-state index is 12.2. The molecule has 0 N–H and O–H groups in total. The van der Waals surface area contributed by atoms with Crippen molar-refractivity contribution < 1.29 is 19.1 Å². The van der Waals surface area contributed by atoms with E-state index in [0.717, 1.165) is 5.65 Å². The minimum Gasteiger partial charge on any atom is -0.494 e. The first kappa shape index (κ1) is 18.9. The van der Waals surface area contributed by atoms with Crippen LogP contribution in [0.5, 0.6) is 5.75 Å². The van der Waals surface area contributed by atoms with Crippen molar-refractivity contribution in [2.24, 2.45) is 0 Å². The van der Waals surface area contributed by atoms with Gasteiger partial charge in [-0.15, -0.1) is 0 Å². The summed E-state index contributed by atoms with van der Waals surface area (Å²) in [4.78, 5) is 28.4. The van der Waals surface area contributed by atoms with Gasteiger partial charge in [-0.25, -0.2) is 4.98 Å². The molecule has 1 aromatic carbocycles. The molecule has 0 bridgehead atoms. The molecule has 0 atom stereocenters. The smallest absolute Gasteiger partial charge is 0.306 e. The summed E-state index contributed by atoms with van der Waals surface area (Å²) in [7, 11) is 0. The molecule has 0 unspecified atom stereocenters. The summed E-state index contributed by atoms with van der Waals surface area (Å²) in [6, 6.07) is 10.4. The van der Waals surface area contributed by atoms with Gasteiger partial charge in [0.05, 0.1) is 23.7 Å². The Bertz CT molecular complexity index is 950. The van der Waals surface area contributed by atoms with E-state index in [-0.39, 0.29) is 25.2 Å². The van der Waals surface area contributed by atoms with E-state index >= 15 is 0 Å². The van der Waals surface area contributed by atoms with Crippen LogP contribution in [-0.4, -0.2) is 27.7 Å². The zero-order valence-electron chi connectivity index (χ0n) is 14.9. The van der Waals surface area contributed by atoms with Crippen LogP contribution >= 0.6 is 11.6 Å². The third-order valence-corrected chi connectivity index (χ3v) is 4.11. The zero-order chi connectivity index (χ0) is 19.2. The van der Waals surface area contributed by atoms with Gasteiger partial charge in [0.1, 0.15) is 18.0 Å². The van der Waals surface area contributed by atoms with E-state index in [2.05, 4.69) is 4.98 Å². The fourth-order valence-corrected chi connectivity index (χ4v) is 2.75. The summed E-state index contributed by atoms with van der Waals surface area (Å²) >= 11 is 5.93. The molecule has 0 aliphatic heterocycles. The third kappa shape index (κ3) is 5.08. The standard InChI is InChI=1S/C20H19ClN2O4/c1-2-26-17-6-3-14(4-7-17)18(24)8-10-20(25)27-13-16-12-23-11-15(21)5-9-19(23)22-16/h3-7,9,11-12H,2,8,10,13H2,1H3. The van der Waals surface area contributed by atoms with Crippen molar-refractivity contribution in [2.75, 3.05) is 6.61 Å². The van der Waals surface area contributed by atoms with Crippen LogP contribution in [0, 0.1) is 0 Å². The van der Waals surface area contributed by atoms with Gasteiger partial charge in [-0.3, -0.25) is 9.59 Å². The van der Waals surface area contributed by atoms with Crippen molar-refractivity contribution in [2.45, 2.75) is 26.4 Å². The highest BCUT2D eigenvalue weighted by Crippen LogP contribution is 2.15. The van der Waals surface area contributed by atoms with Crippen molar-refractivity contribution >= 4 is 29.0 Å². The van der Waals surface area contributed by atoms with Gasteiger partial charge in [0.25, 0.3) is 0 Å². The Balaban J connectivity index is 1.47. The van der Waals surface area contributed by atoms with Gasteiger partial charge in [0.15, 0.2) is 5.78 Å². The Hall–Kier alpha value is -2.86. The number of ether oxygens (including phenoxy) is 2. The van der Waals surface area contributed by atoms with Crippen molar-refractivity contribution in [3.8, 4) is 5.75 Å². The summed E-state index contributed by atoms with van der Waals surface area (Å²) < 4.78 is 12.3. The van der Waals surface area contributed by atoms with E-state index < -0.39 is 5.97 Å². The van der Waals surface area contributed by atoms with Crippen molar-refractivity contribution in [3.63, 3.8) is 0 Å². The van der Waals surface area contributed by atoms with Crippen molar-refractivity contribution in [1.82, 2.24) is 9.38 Å². The second kappa shape index (κ2) is 8.68. The van der Waals surface area contributed by atoms with E-state index in [1.54, 1.807) is 53.2 Å². The minimum atomic E-state index is -0.440. The van der Waals surface area contributed by atoms with Crippen LogP contribution in [0.15, 0.2) is 48.8 Å². The van der Waals surface area contributed by atoms with Crippen molar-refractivity contribution in [3.05, 3.63) is 65.1 Å². The Labute approximate surface area is 161 Å². The first-order chi connectivity index (χ1) is 13.0. The van der Waals surface area contributed by atoms with E-state index in [0.29, 0.717) is 28.6 Å². The number of pyridine rings is 1. The van der Waals surface area contributed by atoms with Gasteiger partial charge in [-0.2, -0.15) is 0 Å². The molecule has 0 spiro atoms. The summed E-state index contributed by atoms with van der Waals surface area (Å²) in [5.41, 5.74) is 1.88. The first-order valence-electron chi connectivity index (χ1n) is 8.60. The SMILES string of the molecule is CCOc1ccc(C(=O)CCC(=O)OCc2cn3cc(Cl)ccc3n2)cc1. The predicted octanol–water partition coefficient (Wildman–Crippen LogP) is 4.09. The monoisotopic (exact) mass is 386 g/mol. The molecule has 2 heterocycles. The van der Waals surface area contributed by atoms with Crippen LogP contribution < -0.4 is 4.74 Å². The van der Waals surface area contributed by atoms with Crippen LogP contribution in [-0.2, 0) is 16.1 Å². The average Bonchev–Trinajstić information content (AvgIpc) is 3.07. The molecule has 6 nitrogen and oxygen atoms in total. The Morgan fingerprint density at radius 1 is 1.07 bits per heavy atom. The van der Waals surface area contributed by atoms with Crippen molar-refractivity contribution in [1.29, 1.82) is 0 Å². The van der Waals surface area contributed by atoms with Gasteiger partial charge >= 0.3 is 5.97 Å². The molecule has 3 rings (SSSR count). The van der Waals surface area contributed by atoms with Crippen LogP contribution in [0.1, 0.15) is 35.8 Å². The third-order valence-electron chi connectivity index (χ3n) is 3.89. The highest BCUT2D eigenvalue weighted by Gasteiger charge is 2.12. The summed E-state index contributed by atoms with van der Waals surface area (Å²) in [5, 5.41) is 0.594. The molecular weight excluding hydrogens is 368 g/mol. The van der Waals surface area contributed by atoms with Crippen LogP contribution in [0.25, 0.3) is 5.65 Å². The second-order valence-electron chi connectivity index (χ2n) is 5.89. The highest BCUT2D eigenvalue weighted by molar-refractivity contribution is 6.30. The number of imidazole rings is 1. The van der Waals surface area contributed by atoms with Gasteiger partial charge in [0, 0.05) is 24.4 Å². The summed E-state index contributed by atoms with van der Waals surface area (Å²) in [6.45, 7) is 2.51. The number of halogens is 1. The lowest BCUT2D eigenvalue weighted by Crippen LogP contribution is -2.08. The van der Waals surface area contributed by atoms with Crippen LogP contribution in [0.2, 0.25) is 5.02 Å². The molecule has 0 amide bonds. The average molecular weight is 387 g/mol. The Morgan fingerprint density at radius 3 is 2.59 bits per heavy atom. The number of aromatic nitrogens is 2. The normalized spacial score (nSPS) is 10.7. The number of nitrogens with zero attached hydrogens (tertiary/aromatic N) is 2. The molecule has 3 aromatic rings. The van der Waals surface area contributed by atoms with Gasteiger partial charge in [0.2, 0.25) is 0 Å². The van der Waals surface area contributed by atoms with Crippen LogP contribution in [0.3, 0.4) is 0 Å². The fraction of sp³-hybridized carbons (Fsp3) is 0.250. The highest BCUT2D eigenvalue weighted by atomic mass is 35.5. The number of ketones is 1. The molecule has 140 valence electrons. The lowest BCUT2D eigenvalue weighted by atomic mass is 10.1. The zero-order valence-corrected chi connectivity index (χ0v) is 15.6. The maximum Gasteiger partial charge on any atom is 0.306 e. The number of carbonyl (C=O) groups is 2. The summed E-state index contributed by atoms with van der Waals surface area (Å²) in [6.07, 6.45) is 3.59. The van der Waals surface area contributed by atoms with Crippen LogP contribution in [0.4, 0.5) is 0 Å². The molecule has 7 heteroatoms. The number of fused-ring (bicyclic) bond motifs is 1. The number of rotatable bonds is 8. The molecule has 2 aromatic heterocycles. The Morgan fingerprint density at radius 2 is 1.85 bits per heavy atom. The number of hydrogen-bond donors (Lipinski definition) is 0. The molecule has 0 aliphatic rings. The number of hydrogen-bond acceptors (Lipinski definition) is 5. The topological polar surface area (TPSA) is 69.9 Å². The van der Waals surface area contributed by atoms with Gasteiger partial charge in [-0.1, -0.05) is 11.6 Å². The lowest BCUT2D eigenvalue weighted by Gasteiger charge is -2.05. The molecule has 0 saturated carbocycles. The van der Waals surface area contributed by atoms with E-state index in [1.807, 2.05) is 6.92 Å². The molecule has 27 heavy (non-hydrogen) atoms. The van der Waals surface area contributed by atoms with Gasteiger partial charge in [-0.05, 0) is 43.3 Å². The molecule has 0 aliphatic carbocycles. The number of carbonyl (C=O) groups excluding carboxylic acids is 2. The number of benzene rings is 1. The molecule has 0 saturated heterocycles. The first-order valence-corrected chi connectivity index (χ1v) is 8.98. The molecule has 0 fully saturated rings. The fourth-order valence-electron chi connectivity index (χ4n) is 2.58.